The van der Waals surface area contributed by atoms with Crippen molar-refractivity contribution < 1.29 is 19.8 Å². The summed E-state index contributed by atoms with van der Waals surface area (Å²) in [4.78, 5) is 22.7. The van der Waals surface area contributed by atoms with Gasteiger partial charge in [0.1, 0.15) is 0 Å². The fourth-order valence-corrected chi connectivity index (χ4v) is 2.45. The molecule has 0 radical (unpaired) electrons. The number of rotatable bonds is 11. The zero-order chi connectivity index (χ0) is 14.9. The second-order valence-electron chi connectivity index (χ2n) is 5.61. The normalized spacial score (nSPS) is 11.2. The molecule has 4 nitrogen and oxygen atoms in total. The summed E-state index contributed by atoms with van der Waals surface area (Å²) in [6.07, 6.45) is 7.68. The molecule has 0 atom stereocenters. The van der Waals surface area contributed by atoms with Crippen LogP contribution in [0.5, 0.6) is 0 Å². The molecule has 0 aliphatic heterocycles. The van der Waals surface area contributed by atoms with Crippen LogP contribution in [0.25, 0.3) is 0 Å². The molecule has 0 heterocycles. The van der Waals surface area contributed by atoms with Gasteiger partial charge in [-0.2, -0.15) is 0 Å². The van der Waals surface area contributed by atoms with Crippen molar-refractivity contribution in [2.24, 2.45) is 11.3 Å². The van der Waals surface area contributed by atoms with E-state index in [0.717, 1.165) is 19.3 Å². The third-order valence-corrected chi connectivity index (χ3v) is 3.92. The van der Waals surface area contributed by atoms with E-state index in [4.69, 9.17) is 0 Å². The zero-order valence-corrected chi connectivity index (χ0v) is 12.4. The van der Waals surface area contributed by atoms with Crippen LogP contribution in [0.2, 0.25) is 0 Å². The average molecular weight is 280 g/mol. The Morgan fingerprint density at radius 2 is 1.30 bits per heavy atom. The Hall–Kier alpha value is -0.463. The summed E-state index contributed by atoms with van der Waals surface area (Å²) in [5, 5.41) is 18.5. The molecule has 114 valence electrons. The molecular weight excluding hydrogens is 251 g/mol. The first-order chi connectivity index (χ1) is 8.89. The Bertz CT molecular complexity index is 276. The van der Waals surface area contributed by atoms with E-state index < -0.39 is 23.3 Å². The second-order valence-corrected chi connectivity index (χ2v) is 5.61. The molecule has 20 heavy (non-hydrogen) atoms. The van der Waals surface area contributed by atoms with E-state index in [1.807, 2.05) is 0 Å². The van der Waals surface area contributed by atoms with Crippen molar-refractivity contribution in [3.63, 3.8) is 0 Å². The van der Waals surface area contributed by atoms with Gasteiger partial charge in [-0.25, -0.2) is 0 Å². The van der Waals surface area contributed by atoms with E-state index in [2.05, 4.69) is 6.92 Å². The Morgan fingerprint density at radius 1 is 0.900 bits per heavy atom. The number of aliphatic carboxylic acids is 2. The van der Waals surface area contributed by atoms with Gasteiger partial charge >= 0.3 is 30.8 Å². The summed E-state index contributed by atoms with van der Waals surface area (Å²) < 4.78 is 0. The molecular formula is C15H29LiO4. The number of carbonyl (C=O) groups is 2. The number of hydrogen-bond donors (Lipinski definition) is 2. The van der Waals surface area contributed by atoms with Crippen LogP contribution < -0.4 is 0 Å². The first kappa shape index (κ1) is 21.8. The van der Waals surface area contributed by atoms with Gasteiger partial charge in [0, 0.05) is 0 Å². The second kappa shape index (κ2) is 11.2. The van der Waals surface area contributed by atoms with Gasteiger partial charge < -0.3 is 10.2 Å². The van der Waals surface area contributed by atoms with E-state index in [1.54, 1.807) is 13.8 Å². The van der Waals surface area contributed by atoms with Crippen LogP contribution in [0.1, 0.15) is 72.1 Å². The van der Waals surface area contributed by atoms with Gasteiger partial charge in [-0.05, 0) is 12.3 Å². The Kier molecular flexibility index (Phi) is 12.3. The van der Waals surface area contributed by atoms with Crippen molar-refractivity contribution in [3.8, 4) is 0 Å². The molecule has 5 heteroatoms. The van der Waals surface area contributed by atoms with Crippen molar-refractivity contribution in [2.75, 3.05) is 0 Å². The van der Waals surface area contributed by atoms with Crippen LogP contribution in [0.3, 0.4) is 0 Å². The van der Waals surface area contributed by atoms with Gasteiger partial charge in [0.15, 0.2) is 5.41 Å². The summed E-state index contributed by atoms with van der Waals surface area (Å²) in [6.45, 7) is 5.50. The molecule has 0 rings (SSSR count). The molecule has 0 bridgehead atoms. The standard InChI is InChI=1S/C15H28O4.Li.H/c1-4-5-6-7-8-9-10-11-15(12(2)3,13(16)17)14(18)19;;/h12H,4-11H2,1-3H3,(H,16,17)(H,18,19);;. The minimum atomic E-state index is -1.62. The van der Waals surface area contributed by atoms with Crippen molar-refractivity contribution >= 4 is 30.8 Å². The predicted octanol–water partition coefficient (Wildman–Crippen LogP) is 3.29. The van der Waals surface area contributed by atoms with Crippen molar-refractivity contribution in [1.82, 2.24) is 0 Å². The SMILES string of the molecule is CCCCCCCCCC(C(=O)O)(C(=O)O)C(C)C.[LiH]. The zero-order valence-electron chi connectivity index (χ0n) is 12.4. The van der Waals surface area contributed by atoms with Gasteiger partial charge in [-0.3, -0.25) is 9.59 Å². The van der Waals surface area contributed by atoms with Gasteiger partial charge in [0.25, 0.3) is 0 Å². The Morgan fingerprint density at radius 3 is 1.65 bits per heavy atom. The van der Waals surface area contributed by atoms with Crippen LogP contribution in [0.15, 0.2) is 0 Å². The molecule has 2 N–H and O–H groups in total. The van der Waals surface area contributed by atoms with Crippen LogP contribution in [0.4, 0.5) is 0 Å². The van der Waals surface area contributed by atoms with Crippen LogP contribution in [0, 0.1) is 11.3 Å². The number of carboxylic acid groups (broad SMARTS) is 2. The molecule has 0 fully saturated rings. The minimum absolute atomic E-state index is 0. The quantitative estimate of drug-likeness (QED) is 0.346. The monoisotopic (exact) mass is 280 g/mol. The van der Waals surface area contributed by atoms with Crippen molar-refractivity contribution in [1.29, 1.82) is 0 Å². The third-order valence-electron chi connectivity index (χ3n) is 3.92. The fourth-order valence-electron chi connectivity index (χ4n) is 2.45. The van der Waals surface area contributed by atoms with Gasteiger partial charge in [0.05, 0.1) is 0 Å². The van der Waals surface area contributed by atoms with E-state index >= 15 is 0 Å². The summed E-state index contributed by atoms with van der Waals surface area (Å²) >= 11 is 0. The summed E-state index contributed by atoms with van der Waals surface area (Å²) in [5.74, 6) is -2.82. The van der Waals surface area contributed by atoms with Gasteiger partial charge in [-0.15, -0.1) is 0 Å². The van der Waals surface area contributed by atoms with E-state index in [-0.39, 0.29) is 25.3 Å². The topological polar surface area (TPSA) is 74.6 Å². The summed E-state index contributed by atoms with van der Waals surface area (Å²) in [5.41, 5.74) is -1.62. The third kappa shape index (κ3) is 6.32. The number of carboxylic acids is 2. The molecule has 0 saturated carbocycles. The first-order valence-corrected chi connectivity index (χ1v) is 7.36. The van der Waals surface area contributed by atoms with E-state index in [9.17, 15) is 19.8 Å². The molecule has 0 aromatic heterocycles. The van der Waals surface area contributed by atoms with Gasteiger partial charge in [-0.1, -0.05) is 65.7 Å². The molecule has 0 aromatic rings. The average Bonchev–Trinajstić information content (AvgIpc) is 2.31. The predicted molar refractivity (Wildman–Crippen MR) is 82.3 cm³/mol. The van der Waals surface area contributed by atoms with Crippen LogP contribution >= 0.6 is 0 Å². The molecule has 0 aliphatic carbocycles. The number of unbranched alkanes of at least 4 members (excludes halogenated alkanes) is 6. The Balaban J connectivity index is 0. The first-order valence-electron chi connectivity index (χ1n) is 7.36. The molecule has 0 unspecified atom stereocenters. The molecule has 0 saturated heterocycles. The number of hydrogen-bond acceptors (Lipinski definition) is 2. The van der Waals surface area contributed by atoms with Crippen LogP contribution in [-0.4, -0.2) is 41.0 Å². The van der Waals surface area contributed by atoms with Crippen molar-refractivity contribution in [2.45, 2.75) is 72.1 Å². The Labute approximate surface area is 134 Å². The molecule has 0 aromatic carbocycles. The summed E-state index contributed by atoms with van der Waals surface area (Å²) in [6, 6.07) is 0. The van der Waals surface area contributed by atoms with Gasteiger partial charge in [0.2, 0.25) is 0 Å². The summed E-state index contributed by atoms with van der Waals surface area (Å²) in [7, 11) is 0. The van der Waals surface area contributed by atoms with Crippen molar-refractivity contribution in [3.05, 3.63) is 0 Å². The van der Waals surface area contributed by atoms with E-state index in [0.29, 0.717) is 6.42 Å². The fraction of sp³-hybridized carbons (Fsp3) is 0.867. The van der Waals surface area contributed by atoms with Crippen LogP contribution in [-0.2, 0) is 9.59 Å². The molecule has 0 amide bonds. The maximum atomic E-state index is 11.3. The van der Waals surface area contributed by atoms with E-state index in [1.165, 1.54) is 19.3 Å². The molecule has 0 aliphatic rings. The maximum absolute atomic E-state index is 11.3. The molecule has 0 spiro atoms.